The summed E-state index contributed by atoms with van der Waals surface area (Å²) >= 11 is 3.21. The summed E-state index contributed by atoms with van der Waals surface area (Å²) in [6.07, 6.45) is 1.09. The van der Waals surface area contributed by atoms with Crippen LogP contribution in [0.4, 0.5) is 4.79 Å². The summed E-state index contributed by atoms with van der Waals surface area (Å²) in [5.41, 5.74) is 2.59. The molecule has 1 fully saturated rings. The monoisotopic (exact) mass is 459 g/mol. The zero-order chi connectivity index (χ0) is 21.8. The summed E-state index contributed by atoms with van der Waals surface area (Å²) in [7, 11) is 0. The smallest absolute Gasteiger partial charge is 0.409 e. The Balaban J connectivity index is 1.46. The van der Waals surface area contributed by atoms with Gasteiger partial charge in [0.25, 0.3) is 5.91 Å². The predicted octanol–water partition coefficient (Wildman–Crippen LogP) is 4.84. The first-order valence-corrected chi connectivity index (χ1v) is 12.2. The van der Waals surface area contributed by atoms with E-state index in [2.05, 4.69) is 10.3 Å². The maximum atomic E-state index is 13.1. The highest BCUT2D eigenvalue weighted by Crippen LogP contribution is 2.33. The van der Waals surface area contributed by atoms with Crippen LogP contribution in [0.15, 0.2) is 38.4 Å². The van der Waals surface area contributed by atoms with Crippen molar-refractivity contribution in [2.45, 2.75) is 42.8 Å². The molecule has 0 aliphatic carbocycles. The van der Waals surface area contributed by atoms with E-state index in [-0.39, 0.29) is 18.0 Å². The summed E-state index contributed by atoms with van der Waals surface area (Å²) in [5.74, 6) is 0.750. The minimum Gasteiger partial charge on any atom is -0.451 e. The van der Waals surface area contributed by atoms with Crippen molar-refractivity contribution in [3.63, 3.8) is 0 Å². The highest BCUT2D eigenvalue weighted by atomic mass is 32.2. The first-order valence-electron chi connectivity index (χ1n) is 10.3. The number of fused-ring (bicyclic) bond motifs is 1. The number of piperidine rings is 1. The zero-order valence-corrected chi connectivity index (χ0v) is 19.2. The van der Waals surface area contributed by atoms with Gasteiger partial charge in [-0.1, -0.05) is 30.0 Å². The molecule has 1 saturated heterocycles. The van der Waals surface area contributed by atoms with E-state index in [1.54, 1.807) is 34.9 Å². The van der Waals surface area contributed by atoms with Gasteiger partial charge in [-0.25, -0.2) is 9.78 Å². The molecule has 1 aliphatic rings. The Hall–Kier alpha value is -2.52. The fraction of sp³-hybridized carbons (Fsp3) is 0.409. The Kier molecular flexibility index (Phi) is 6.82. The average Bonchev–Trinajstić information content (AvgIpc) is 3.36. The second-order valence-electron chi connectivity index (χ2n) is 7.38. The third-order valence-corrected chi connectivity index (χ3v) is 7.36. The molecule has 3 heterocycles. The van der Waals surface area contributed by atoms with E-state index in [1.807, 2.05) is 36.6 Å². The van der Waals surface area contributed by atoms with Crippen LogP contribution in [0.25, 0.3) is 11.0 Å². The van der Waals surface area contributed by atoms with Crippen LogP contribution in [0, 0.1) is 6.92 Å². The average molecular weight is 460 g/mol. The standard InChI is InChI=1S/C22H25N3O4S2/c1-3-28-22(27)25-10-8-15(9-11-25)24-20(26)19-17(13-31-21-23-14(2)12-30-21)16-6-4-5-7-18(16)29-19/h4-7,12,15H,3,8-11,13H2,1-2H3,(H,24,26). The normalized spacial score (nSPS) is 14.7. The van der Waals surface area contributed by atoms with Gasteiger partial charge in [-0.2, -0.15) is 0 Å². The van der Waals surface area contributed by atoms with E-state index in [1.165, 1.54) is 0 Å². The number of hydrogen-bond acceptors (Lipinski definition) is 7. The molecule has 1 aliphatic heterocycles. The van der Waals surface area contributed by atoms with Crippen LogP contribution in [0.3, 0.4) is 0 Å². The van der Waals surface area contributed by atoms with Crippen LogP contribution in [0.1, 0.15) is 41.6 Å². The summed E-state index contributed by atoms with van der Waals surface area (Å²) in [4.78, 5) is 31.2. The van der Waals surface area contributed by atoms with E-state index in [9.17, 15) is 9.59 Å². The maximum Gasteiger partial charge on any atom is 0.409 e. The molecule has 1 aromatic carbocycles. The van der Waals surface area contributed by atoms with E-state index in [0.717, 1.165) is 21.0 Å². The highest BCUT2D eigenvalue weighted by Gasteiger charge is 2.27. The van der Waals surface area contributed by atoms with E-state index >= 15 is 0 Å². The lowest BCUT2D eigenvalue weighted by atomic mass is 10.0. The van der Waals surface area contributed by atoms with Gasteiger partial charge in [0.15, 0.2) is 5.76 Å². The number of benzene rings is 1. The van der Waals surface area contributed by atoms with Crippen LogP contribution in [-0.4, -0.2) is 47.6 Å². The second kappa shape index (κ2) is 9.74. The van der Waals surface area contributed by atoms with Gasteiger partial charge in [0.2, 0.25) is 0 Å². The van der Waals surface area contributed by atoms with Crippen molar-refractivity contribution in [2.75, 3.05) is 19.7 Å². The molecule has 7 nitrogen and oxygen atoms in total. The minimum atomic E-state index is -0.290. The number of aryl methyl sites for hydroxylation is 1. The number of nitrogens with one attached hydrogen (secondary N) is 1. The highest BCUT2D eigenvalue weighted by molar-refractivity contribution is 8.00. The number of aromatic nitrogens is 1. The van der Waals surface area contributed by atoms with Gasteiger partial charge >= 0.3 is 6.09 Å². The number of hydrogen-bond donors (Lipinski definition) is 1. The number of thiazole rings is 1. The molecule has 3 aromatic rings. The van der Waals surface area contributed by atoms with Gasteiger partial charge in [0, 0.05) is 46.9 Å². The van der Waals surface area contributed by atoms with Crippen LogP contribution >= 0.6 is 23.1 Å². The Morgan fingerprint density at radius 3 is 2.81 bits per heavy atom. The van der Waals surface area contributed by atoms with Crippen molar-refractivity contribution >= 4 is 46.1 Å². The lowest BCUT2D eigenvalue weighted by Crippen LogP contribution is -2.46. The molecule has 0 radical (unpaired) electrons. The second-order valence-corrected chi connectivity index (χ2v) is 9.46. The van der Waals surface area contributed by atoms with Crippen LogP contribution in [0.2, 0.25) is 0 Å². The van der Waals surface area contributed by atoms with Gasteiger partial charge < -0.3 is 19.4 Å². The molecule has 0 bridgehead atoms. The quantitative estimate of drug-likeness (QED) is 0.531. The van der Waals surface area contributed by atoms with Gasteiger partial charge in [-0.05, 0) is 32.8 Å². The van der Waals surface area contributed by atoms with Gasteiger partial charge in [0.05, 0.1) is 6.61 Å². The molecular weight excluding hydrogens is 434 g/mol. The minimum absolute atomic E-state index is 0.00601. The van der Waals surface area contributed by atoms with Crippen molar-refractivity contribution < 1.29 is 18.7 Å². The Morgan fingerprint density at radius 1 is 1.32 bits per heavy atom. The number of carbonyl (C=O) groups excluding carboxylic acids is 2. The molecule has 4 rings (SSSR count). The molecule has 164 valence electrons. The van der Waals surface area contributed by atoms with Crippen molar-refractivity contribution in [1.29, 1.82) is 0 Å². The van der Waals surface area contributed by atoms with E-state index < -0.39 is 0 Å². The zero-order valence-electron chi connectivity index (χ0n) is 17.6. The Labute approximate surface area is 189 Å². The number of likely N-dealkylation sites (tertiary alicyclic amines) is 1. The fourth-order valence-corrected chi connectivity index (χ4v) is 5.51. The Morgan fingerprint density at radius 2 is 2.10 bits per heavy atom. The van der Waals surface area contributed by atoms with Crippen molar-refractivity contribution in [2.24, 2.45) is 0 Å². The number of ether oxygens (including phenoxy) is 1. The molecule has 2 amide bonds. The molecule has 9 heteroatoms. The molecule has 31 heavy (non-hydrogen) atoms. The van der Waals surface area contributed by atoms with Crippen molar-refractivity contribution in [1.82, 2.24) is 15.2 Å². The number of amides is 2. The molecule has 1 N–H and O–H groups in total. The number of carbonyl (C=O) groups is 2. The summed E-state index contributed by atoms with van der Waals surface area (Å²) in [5, 5.41) is 6.07. The molecular formula is C22H25N3O4S2. The molecule has 2 aromatic heterocycles. The summed E-state index contributed by atoms with van der Waals surface area (Å²) in [6.45, 7) is 5.26. The van der Waals surface area contributed by atoms with E-state index in [0.29, 0.717) is 49.6 Å². The van der Waals surface area contributed by atoms with Crippen molar-refractivity contribution in [3.05, 3.63) is 46.7 Å². The number of furan rings is 1. The number of rotatable bonds is 6. The Bertz CT molecular complexity index is 1070. The number of thioether (sulfide) groups is 1. The van der Waals surface area contributed by atoms with E-state index in [4.69, 9.17) is 9.15 Å². The molecule has 0 saturated carbocycles. The fourth-order valence-electron chi connectivity index (χ4n) is 3.63. The molecule has 0 unspecified atom stereocenters. The first kappa shape index (κ1) is 21.7. The molecule has 0 spiro atoms. The third-order valence-electron chi connectivity index (χ3n) is 5.20. The van der Waals surface area contributed by atoms with Gasteiger partial charge in [-0.3, -0.25) is 4.79 Å². The first-order chi connectivity index (χ1) is 15.0. The van der Waals surface area contributed by atoms with Crippen LogP contribution < -0.4 is 5.32 Å². The topological polar surface area (TPSA) is 84.7 Å². The van der Waals surface area contributed by atoms with Crippen LogP contribution in [-0.2, 0) is 10.5 Å². The summed E-state index contributed by atoms with van der Waals surface area (Å²) in [6, 6.07) is 7.71. The largest absolute Gasteiger partial charge is 0.451 e. The number of nitrogens with zero attached hydrogens (tertiary/aromatic N) is 2. The summed E-state index contributed by atoms with van der Waals surface area (Å²) < 4.78 is 12.0. The number of para-hydroxylation sites is 1. The lowest BCUT2D eigenvalue weighted by Gasteiger charge is -2.31. The van der Waals surface area contributed by atoms with Crippen LogP contribution in [0.5, 0.6) is 0 Å². The molecule has 0 atom stereocenters. The lowest BCUT2D eigenvalue weighted by molar-refractivity contribution is 0.0841. The predicted molar refractivity (Wildman–Crippen MR) is 122 cm³/mol. The van der Waals surface area contributed by atoms with Gasteiger partial charge in [-0.15, -0.1) is 11.3 Å². The maximum absolute atomic E-state index is 13.1. The van der Waals surface area contributed by atoms with Gasteiger partial charge in [0.1, 0.15) is 9.92 Å². The SMILES string of the molecule is CCOC(=O)N1CCC(NC(=O)c2oc3ccccc3c2CSc2nc(C)cs2)CC1. The van der Waals surface area contributed by atoms with Crippen molar-refractivity contribution in [3.8, 4) is 0 Å². The third kappa shape index (κ3) is 5.04.